The minimum absolute atomic E-state index is 0.170. The molecular weight excluding hydrogens is 382 g/mol. The molecule has 0 radical (unpaired) electrons. The second-order valence-corrected chi connectivity index (χ2v) is 7.03. The summed E-state index contributed by atoms with van der Waals surface area (Å²) in [7, 11) is 0. The summed E-state index contributed by atoms with van der Waals surface area (Å²) < 4.78 is 10.7. The first kappa shape index (κ1) is 19.6. The van der Waals surface area contributed by atoms with Crippen molar-refractivity contribution in [1.82, 2.24) is 4.90 Å². The highest BCUT2D eigenvalue weighted by molar-refractivity contribution is 6.21. The van der Waals surface area contributed by atoms with Gasteiger partial charge in [0, 0.05) is 6.54 Å². The second kappa shape index (κ2) is 8.78. The standard InChI is InChI=1S/C24H21NO5/c26-22(16-30-19-12-11-17-7-1-2-8-18(17)15-19)29-14-6-5-13-25-23(27)20-9-3-4-10-21(20)24(25)28/h1-4,7-12,15H,5-6,13-14,16H2. The molecule has 0 saturated carbocycles. The lowest BCUT2D eigenvalue weighted by atomic mass is 10.1. The van der Waals surface area contributed by atoms with Gasteiger partial charge in [-0.1, -0.05) is 42.5 Å². The van der Waals surface area contributed by atoms with Crippen LogP contribution in [0.25, 0.3) is 10.8 Å². The highest BCUT2D eigenvalue weighted by atomic mass is 16.6. The summed E-state index contributed by atoms with van der Waals surface area (Å²) >= 11 is 0. The molecule has 2 amide bonds. The van der Waals surface area contributed by atoms with Gasteiger partial charge in [-0.25, -0.2) is 4.79 Å². The van der Waals surface area contributed by atoms with Crippen LogP contribution in [0.2, 0.25) is 0 Å². The Morgan fingerprint density at radius 3 is 2.20 bits per heavy atom. The number of carbonyl (C=O) groups excluding carboxylic acids is 3. The number of esters is 1. The van der Waals surface area contributed by atoms with Gasteiger partial charge in [-0.05, 0) is 47.9 Å². The smallest absolute Gasteiger partial charge is 0.344 e. The molecule has 30 heavy (non-hydrogen) atoms. The molecule has 0 saturated heterocycles. The van der Waals surface area contributed by atoms with E-state index in [0.29, 0.717) is 36.3 Å². The summed E-state index contributed by atoms with van der Waals surface area (Å²) in [5.74, 6) is -0.382. The first-order chi connectivity index (χ1) is 14.6. The Balaban J connectivity index is 1.17. The average Bonchev–Trinajstić information content (AvgIpc) is 3.02. The van der Waals surface area contributed by atoms with E-state index >= 15 is 0 Å². The van der Waals surface area contributed by atoms with Gasteiger partial charge in [0.1, 0.15) is 5.75 Å². The van der Waals surface area contributed by atoms with Crippen molar-refractivity contribution in [2.75, 3.05) is 19.8 Å². The lowest BCUT2D eigenvalue weighted by molar-refractivity contribution is -0.146. The van der Waals surface area contributed by atoms with Crippen molar-refractivity contribution >= 4 is 28.6 Å². The van der Waals surface area contributed by atoms with Gasteiger partial charge in [-0.2, -0.15) is 0 Å². The molecule has 0 aromatic heterocycles. The first-order valence-electron chi connectivity index (χ1n) is 9.86. The van der Waals surface area contributed by atoms with Gasteiger partial charge in [0.2, 0.25) is 0 Å². The molecule has 0 atom stereocenters. The second-order valence-electron chi connectivity index (χ2n) is 7.03. The zero-order valence-corrected chi connectivity index (χ0v) is 16.4. The number of benzene rings is 3. The van der Waals surface area contributed by atoms with E-state index in [1.807, 2.05) is 42.5 Å². The Bertz CT molecular complexity index is 1070. The molecule has 0 fully saturated rings. The maximum atomic E-state index is 12.3. The van der Waals surface area contributed by atoms with Gasteiger partial charge in [0.05, 0.1) is 17.7 Å². The van der Waals surface area contributed by atoms with E-state index in [0.717, 1.165) is 10.8 Å². The molecule has 0 spiro atoms. The van der Waals surface area contributed by atoms with Crippen molar-refractivity contribution in [2.24, 2.45) is 0 Å². The summed E-state index contributed by atoms with van der Waals surface area (Å²) in [6.45, 7) is 0.345. The van der Waals surface area contributed by atoms with Crippen LogP contribution in [0.5, 0.6) is 5.75 Å². The van der Waals surface area contributed by atoms with Crippen molar-refractivity contribution in [2.45, 2.75) is 12.8 Å². The third kappa shape index (κ3) is 4.17. The maximum Gasteiger partial charge on any atom is 0.344 e. The number of carbonyl (C=O) groups is 3. The van der Waals surface area contributed by atoms with Crippen LogP contribution in [0, 0.1) is 0 Å². The van der Waals surface area contributed by atoms with E-state index in [-0.39, 0.29) is 25.0 Å². The molecule has 1 heterocycles. The van der Waals surface area contributed by atoms with Gasteiger partial charge in [-0.3, -0.25) is 14.5 Å². The molecule has 0 aliphatic carbocycles. The quantitative estimate of drug-likeness (QED) is 0.325. The number of hydrogen-bond acceptors (Lipinski definition) is 5. The summed E-state index contributed by atoms with van der Waals surface area (Å²) in [5.41, 5.74) is 0.888. The summed E-state index contributed by atoms with van der Waals surface area (Å²) in [4.78, 5) is 37.7. The number of fused-ring (bicyclic) bond motifs is 2. The SMILES string of the molecule is O=C(COc1ccc2ccccc2c1)OCCCCN1C(=O)c2ccccc2C1=O. The van der Waals surface area contributed by atoms with E-state index in [1.54, 1.807) is 24.3 Å². The van der Waals surface area contributed by atoms with Gasteiger partial charge < -0.3 is 9.47 Å². The van der Waals surface area contributed by atoms with Crippen molar-refractivity contribution in [1.29, 1.82) is 0 Å². The van der Waals surface area contributed by atoms with Crippen LogP contribution in [0.15, 0.2) is 66.7 Å². The zero-order valence-electron chi connectivity index (χ0n) is 16.4. The Hall–Kier alpha value is -3.67. The number of imide groups is 1. The fraction of sp³-hybridized carbons (Fsp3) is 0.208. The molecule has 0 N–H and O–H groups in total. The zero-order chi connectivity index (χ0) is 20.9. The van der Waals surface area contributed by atoms with Crippen LogP contribution in [-0.2, 0) is 9.53 Å². The number of nitrogens with zero attached hydrogens (tertiary/aromatic N) is 1. The topological polar surface area (TPSA) is 72.9 Å². The van der Waals surface area contributed by atoms with Gasteiger partial charge in [-0.15, -0.1) is 0 Å². The van der Waals surface area contributed by atoms with E-state index in [4.69, 9.17) is 9.47 Å². The Morgan fingerprint density at radius 2 is 1.47 bits per heavy atom. The predicted molar refractivity (Wildman–Crippen MR) is 111 cm³/mol. The molecule has 1 aliphatic heterocycles. The lowest BCUT2D eigenvalue weighted by Crippen LogP contribution is -2.30. The summed E-state index contributed by atoms with van der Waals surface area (Å²) in [6, 6.07) is 20.3. The van der Waals surface area contributed by atoms with Crippen molar-refractivity contribution < 1.29 is 23.9 Å². The fourth-order valence-electron chi connectivity index (χ4n) is 3.44. The van der Waals surface area contributed by atoms with Crippen LogP contribution in [0.1, 0.15) is 33.6 Å². The molecule has 0 unspecified atom stereocenters. The van der Waals surface area contributed by atoms with Crippen LogP contribution < -0.4 is 4.74 Å². The molecule has 4 rings (SSSR count). The van der Waals surface area contributed by atoms with Crippen molar-refractivity contribution in [3.8, 4) is 5.75 Å². The number of hydrogen-bond donors (Lipinski definition) is 0. The van der Waals surface area contributed by atoms with Gasteiger partial charge in [0.15, 0.2) is 6.61 Å². The van der Waals surface area contributed by atoms with Crippen LogP contribution in [0.3, 0.4) is 0 Å². The van der Waals surface area contributed by atoms with Crippen LogP contribution >= 0.6 is 0 Å². The minimum Gasteiger partial charge on any atom is -0.482 e. The molecular formula is C24H21NO5. The predicted octanol–water partition coefficient (Wildman–Crippen LogP) is 3.84. The summed E-state index contributed by atoms with van der Waals surface area (Å²) in [5, 5.41) is 2.14. The van der Waals surface area contributed by atoms with E-state index in [2.05, 4.69) is 0 Å². The van der Waals surface area contributed by atoms with Gasteiger partial charge >= 0.3 is 5.97 Å². The Kier molecular flexibility index (Phi) is 5.75. The lowest BCUT2D eigenvalue weighted by Gasteiger charge is -2.13. The van der Waals surface area contributed by atoms with E-state index < -0.39 is 5.97 Å². The monoisotopic (exact) mass is 403 g/mol. The third-order valence-corrected chi connectivity index (χ3v) is 4.99. The van der Waals surface area contributed by atoms with Crippen molar-refractivity contribution in [3.63, 3.8) is 0 Å². The molecule has 3 aromatic rings. The number of amides is 2. The number of unbranched alkanes of at least 4 members (excludes halogenated alkanes) is 1. The van der Waals surface area contributed by atoms with Gasteiger partial charge in [0.25, 0.3) is 11.8 Å². The Labute approximate surface area is 174 Å². The van der Waals surface area contributed by atoms with E-state index in [9.17, 15) is 14.4 Å². The maximum absolute atomic E-state index is 12.3. The minimum atomic E-state index is -0.455. The van der Waals surface area contributed by atoms with Crippen molar-refractivity contribution in [3.05, 3.63) is 77.9 Å². The molecule has 1 aliphatic rings. The average molecular weight is 403 g/mol. The number of rotatable bonds is 8. The Morgan fingerprint density at radius 1 is 0.800 bits per heavy atom. The highest BCUT2D eigenvalue weighted by Gasteiger charge is 2.34. The molecule has 152 valence electrons. The van der Waals surface area contributed by atoms with E-state index in [1.165, 1.54) is 4.90 Å². The fourth-order valence-corrected chi connectivity index (χ4v) is 3.44. The summed E-state index contributed by atoms with van der Waals surface area (Å²) in [6.07, 6.45) is 1.11. The molecule has 0 bridgehead atoms. The first-order valence-corrected chi connectivity index (χ1v) is 9.86. The van der Waals surface area contributed by atoms with Crippen LogP contribution in [-0.4, -0.2) is 42.4 Å². The molecule has 6 nitrogen and oxygen atoms in total. The normalized spacial score (nSPS) is 12.9. The highest BCUT2D eigenvalue weighted by Crippen LogP contribution is 2.23. The number of ether oxygens (including phenoxy) is 2. The molecule has 3 aromatic carbocycles. The largest absolute Gasteiger partial charge is 0.482 e. The third-order valence-electron chi connectivity index (χ3n) is 4.99. The van der Waals surface area contributed by atoms with Crippen LogP contribution in [0.4, 0.5) is 0 Å². The molecule has 6 heteroatoms.